The van der Waals surface area contributed by atoms with E-state index in [2.05, 4.69) is 11.8 Å². The molecule has 3 fully saturated rings. The molecule has 3 saturated heterocycles. The molecule has 0 aromatic rings. The first-order valence-electron chi connectivity index (χ1n) is 14.6. The molecular weight excluding hydrogens is 412 g/mol. The third-order valence-electron chi connectivity index (χ3n) is 8.44. The highest BCUT2D eigenvalue weighted by Crippen LogP contribution is 2.44. The van der Waals surface area contributed by atoms with Gasteiger partial charge in [0.1, 0.15) is 0 Å². The maximum Gasteiger partial charge on any atom is -0.00134 e. The van der Waals surface area contributed by atoms with E-state index >= 15 is 0 Å². The molecule has 0 spiro atoms. The van der Waals surface area contributed by atoms with Gasteiger partial charge in [0.05, 0.1) is 0 Å². The van der Waals surface area contributed by atoms with Crippen LogP contribution in [0.1, 0.15) is 161 Å². The van der Waals surface area contributed by atoms with Crippen molar-refractivity contribution in [1.29, 1.82) is 0 Å². The average Bonchev–Trinajstić information content (AvgIpc) is 2.79. The number of hydrogen-bond donors (Lipinski definition) is 1. The second kappa shape index (κ2) is 21.7. The molecule has 3 heteroatoms. The molecule has 3 aliphatic rings. The van der Waals surface area contributed by atoms with Gasteiger partial charge in [-0.25, -0.2) is 0 Å². The topological polar surface area (TPSA) is 39.7 Å². The molecule has 0 radical (unpaired) electrons. The average molecular weight is 473 g/mol. The third-order valence-corrected chi connectivity index (χ3v) is 8.44. The lowest BCUT2D eigenvalue weighted by molar-refractivity contribution is -0.00000960. The molecule has 194 valence electrons. The maximum atomic E-state index is 2.68. The molecule has 3 aliphatic heterocycles. The lowest BCUT2D eigenvalue weighted by Crippen LogP contribution is -3.00. The van der Waals surface area contributed by atoms with E-state index in [1.165, 1.54) is 167 Å². The number of quaternary nitrogens is 1. The van der Waals surface area contributed by atoms with E-state index in [4.69, 9.17) is 0 Å². The molecule has 0 saturated carbocycles. The molecule has 0 aromatic carbocycles. The Kier molecular flexibility index (Phi) is 21.9. The van der Waals surface area contributed by atoms with Crippen molar-refractivity contribution in [1.82, 2.24) is 11.1 Å². The van der Waals surface area contributed by atoms with Crippen molar-refractivity contribution in [3.8, 4) is 0 Å². The molecule has 2 nitrogen and oxygen atoms in total. The summed E-state index contributed by atoms with van der Waals surface area (Å²) in [6.07, 6.45) is 35.8. The van der Waals surface area contributed by atoms with Crippen molar-refractivity contribution >= 4 is 0 Å². The summed E-state index contributed by atoms with van der Waals surface area (Å²) in [5.74, 6) is 0. The van der Waals surface area contributed by atoms with Gasteiger partial charge in [-0.15, -0.1) is 0 Å². The molecule has 3 rings (SSSR count). The Morgan fingerprint density at radius 3 is 1.06 bits per heavy atom. The van der Waals surface area contributed by atoms with Crippen LogP contribution in [0, 0.1) is 5.41 Å². The minimum absolute atomic E-state index is 0. The Bertz CT molecular complexity index is 366. The Hall–Kier alpha value is 0.210. The molecule has 3 heterocycles. The number of rotatable bonds is 21. The molecule has 32 heavy (non-hydrogen) atoms. The monoisotopic (exact) mass is 472 g/mol. The minimum atomic E-state index is 0. The van der Waals surface area contributed by atoms with Crippen LogP contribution in [0.15, 0.2) is 0 Å². The van der Waals surface area contributed by atoms with E-state index in [1.807, 2.05) is 0 Å². The predicted octanol–water partition coefficient (Wildman–Crippen LogP) is 7.06. The van der Waals surface area contributed by atoms with Gasteiger partial charge < -0.3 is 23.5 Å². The van der Waals surface area contributed by atoms with Crippen molar-refractivity contribution in [3.05, 3.63) is 0 Å². The molecular formula is C29H61ClN2. The third kappa shape index (κ3) is 15.2. The molecule has 0 aliphatic carbocycles. The summed E-state index contributed by atoms with van der Waals surface area (Å²) < 4.78 is 0. The Morgan fingerprint density at radius 2 is 0.750 bits per heavy atom. The number of hydrogen-bond acceptors (Lipinski definition) is 1. The summed E-state index contributed by atoms with van der Waals surface area (Å²) in [4.78, 5) is 2.68. The van der Waals surface area contributed by atoms with E-state index in [0.29, 0.717) is 0 Å². The Labute approximate surface area is 209 Å². The predicted molar refractivity (Wildman–Crippen MR) is 141 cm³/mol. The fraction of sp³-hybridized carbons (Fsp3) is 1.00. The van der Waals surface area contributed by atoms with Crippen molar-refractivity contribution in [3.63, 3.8) is 0 Å². The van der Waals surface area contributed by atoms with Gasteiger partial charge in [0.15, 0.2) is 0 Å². The summed E-state index contributed by atoms with van der Waals surface area (Å²) in [7, 11) is 0. The van der Waals surface area contributed by atoms with E-state index in [1.54, 1.807) is 6.42 Å². The summed E-state index contributed by atoms with van der Waals surface area (Å²) in [5.41, 5.74) is 0.781. The minimum Gasteiger partial charge on any atom is -1.00 e. The number of nitrogens with zero attached hydrogens (tertiary/aromatic N) is 1. The van der Waals surface area contributed by atoms with Crippen molar-refractivity contribution in [2.45, 2.75) is 161 Å². The number of halogens is 1. The first kappa shape index (κ1) is 32.2. The number of unbranched alkanes of at least 4 members (excludes halogenated alkanes) is 19. The van der Waals surface area contributed by atoms with Crippen molar-refractivity contribution < 1.29 is 12.4 Å². The van der Waals surface area contributed by atoms with Crippen LogP contribution in [0.3, 0.4) is 0 Å². The lowest BCUT2D eigenvalue weighted by atomic mass is 9.69. The summed E-state index contributed by atoms with van der Waals surface area (Å²) >= 11 is 0. The molecule has 0 unspecified atom stereocenters. The SMILES string of the molecule is CCCCCCCCCCCCCCCCCCCCCCC12CCN(CC1)CC2.[Cl-].[NH4+]. The smallest absolute Gasteiger partial charge is 0.00134 e. The summed E-state index contributed by atoms with van der Waals surface area (Å²) in [6, 6.07) is 0. The molecule has 4 N–H and O–H groups in total. The fourth-order valence-electron chi connectivity index (χ4n) is 6.03. The van der Waals surface area contributed by atoms with Gasteiger partial charge in [-0.1, -0.05) is 135 Å². The number of piperidine rings is 3. The van der Waals surface area contributed by atoms with Gasteiger partial charge in [0.25, 0.3) is 0 Å². The van der Waals surface area contributed by atoms with Gasteiger partial charge in [-0.3, -0.25) is 0 Å². The molecule has 0 aromatic heterocycles. The molecule has 0 amide bonds. The second-order valence-corrected chi connectivity index (χ2v) is 11.1. The van der Waals surface area contributed by atoms with Crippen LogP contribution < -0.4 is 18.6 Å². The van der Waals surface area contributed by atoms with E-state index < -0.39 is 0 Å². The van der Waals surface area contributed by atoms with Crippen LogP contribution in [0.4, 0.5) is 0 Å². The van der Waals surface area contributed by atoms with Crippen LogP contribution in [-0.4, -0.2) is 24.5 Å². The van der Waals surface area contributed by atoms with Crippen LogP contribution in [0.2, 0.25) is 0 Å². The lowest BCUT2D eigenvalue weighted by Gasteiger charge is -2.48. The standard InChI is InChI=1S/C29H57N.ClH.H3N/c1-2-3-4-5-6-7-8-9-10-11-12-13-14-15-16-17-18-19-20-21-22-29-23-26-30(27-24-29)28-25-29;;/h2-28H2,1H3;1H;1H3. The largest absolute Gasteiger partial charge is 1.00 e. The molecule has 0 atom stereocenters. The van der Waals surface area contributed by atoms with Crippen LogP contribution in [-0.2, 0) is 0 Å². The summed E-state index contributed by atoms with van der Waals surface area (Å²) in [6.45, 7) is 6.51. The fourth-order valence-corrected chi connectivity index (χ4v) is 6.03. The summed E-state index contributed by atoms with van der Waals surface area (Å²) in [5, 5.41) is 0. The van der Waals surface area contributed by atoms with E-state index in [9.17, 15) is 0 Å². The van der Waals surface area contributed by atoms with Crippen molar-refractivity contribution in [2.75, 3.05) is 19.6 Å². The normalized spacial score (nSPS) is 21.8. The highest BCUT2D eigenvalue weighted by atomic mass is 35.5. The zero-order valence-electron chi connectivity index (χ0n) is 22.4. The van der Waals surface area contributed by atoms with Crippen LogP contribution in [0.25, 0.3) is 0 Å². The van der Waals surface area contributed by atoms with Gasteiger partial charge in [-0.2, -0.15) is 0 Å². The zero-order valence-corrected chi connectivity index (χ0v) is 23.2. The van der Waals surface area contributed by atoms with Crippen molar-refractivity contribution in [2.24, 2.45) is 5.41 Å². The quantitative estimate of drug-likeness (QED) is 0.178. The van der Waals surface area contributed by atoms with Gasteiger partial charge in [0.2, 0.25) is 0 Å². The highest BCUT2D eigenvalue weighted by Gasteiger charge is 2.38. The maximum absolute atomic E-state index is 2.68. The van der Waals surface area contributed by atoms with Crippen LogP contribution >= 0.6 is 0 Å². The van der Waals surface area contributed by atoms with Gasteiger partial charge in [0, 0.05) is 0 Å². The molecule has 2 bridgehead atoms. The van der Waals surface area contributed by atoms with E-state index in [0.717, 1.165) is 5.41 Å². The Morgan fingerprint density at radius 1 is 0.469 bits per heavy atom. The first-order chi connectivity index (χ1) is 14.8. The van der Waals surface area contributed by atoms with Crippen LogP contribution in [0.5, 0.6) is 0 Å². The Balaban J connectivity index is 0.00000480. The van der Waals surface area contributed by atoms with Gasteiger partial charge in [-0.05, 0) is 50.7 Å². The first-order valence-corrected chi connectivity index (χ1v) is 14.6. The number of fused-ring (bicyclic) bond motifs is 3. The van der Waals surface area contributed by atoms with Gasteiger partial charge >= 0.3 is 0 Å². The highest BCUT2D eigenvalue weighted by molar-refractivity contribution is 4.91. The second-order valence-electron chi connectivity index (χ2n) is 11.1. The van der Waals surface area contributed by atoms with E-state index in [-0.39, 0.29) is 18.6 Å². The zero-order chi connectivity index (χ0) is 21.2.